The van der Waals surface area contributed by atoms with Crippen LogP contribution < -0.4 is 16.1 Å². The van der Waals surface area contributed by atoms with Gasteiger partial charge in [0.1, 0.15) is 5.71 Å². The molecular formula is C17H27N5O3. The van der Waals surface area contributed by atoms with Crippen LogP contribution in [0.4, 0.5) is 4.79 Å². The molecule has 3 rings (SSSR count). The SMILES string of the molecule is O=C1CCC(C(=O)NC2CCN(C(=O)NC3CCCCC3)CC2)=NN1. The van der Waals surface area contributed by atoms with E-state index < -0.39 is 0 Å². The Bertz CT molecular complexity index is 548. The zero-order valence-corrected chi connectivity index (χ0v) is 14.6. The summed E-state index contributed by atoms with van der Waals surface area (Å²) < 4.78 is 0. The highest BCUT2D eigenvalue weighted by Crippen LogP contribution is 2.18. The summed E-state index contributed by atoms with van der Waals surface area (Å²) in [4.78, 5) is 37.4. The number of carbonyl (C=O) groups excluding carboxylic acids is 3. The van der Waals surface area contributed by atoms with E-state index in [9.17, 15) is 14.4 Å². The van der Waals surface area contributed by atoms with E-state index >= 15 is 0 Å². The molecule has 3 aliphatic rings. The van der Waals surface area contributed by atoms with Crippen LogP contribution in [0.2, 0.25) is 0 Å². The molecule has 138 valence electrons. The number of hydrogen-bond donors (Lipinski definition) is 3. The number of carbonyl (C=O) groups is 3. The van der Waals surface area contributed by atoms with Crippen molar-refractivity contribution in [2.24, 2.45) is 5.10 Å². The van der Waals surface area contributed by atoms with Crippen LogP contribution in [0.15, 0.2) is 5.10 Å². The second-order valence-corrected chi connectivity index (χ2v) is 7.11. The molecule has 8 nitrogen and oxygen atoms in total. The van der Waals surface area contributed by atoms with E-state index in [1.165, 1.54) is 19.3 Å². The number of hydrogen-bond acceptors (Lipinski definition) is 4. The van der Waals surface area contributed by atoms with Gasteiger partial charge in [0.15, 0.2) is 0 Å². The van der Waals surface area contributed by atoms with E-state index in [4.69, 9.17) is 0 Å². The third-order valence-corrected chi connectivity index (χ3v) is 5.22. The summed E-state index contributed by atoms with van der Waals surface area (Å²) in [6.45, 7) is 1.29. The number of piperidine rings is 1. The zero-order chi connectivity index (χ0) is 17.6. The molecule has 2 heterocycles. The van der Waals surface area contributed by atoms with Crippen LogP contribution in [0.1, 0.15) is 57.8 Å². The van der Waals surface area contributed by atoms with Gasteiger partial charge in [0.2, 0.25) is 5.91 Å². The van der Waals surface area contributed by atoms with Crippen molar-refractivity contribution in [1.29, 1.82) is 0 Å². The number of rotatable bonds is 3. The molecule has 1 aliphatic carbocycles. The van der Waals surface area contributed by atoms with Crippen LogP contribution in [0, 0.1) is 0 Å². The van der Waals surface area contributed by atoms with Gasteiger partial charge in [-0.25, -0.2) is 10.2 Å². The maximum atomic E-state index is 12.3. The van der Waals surface area contributed by atoms with Gasteiger partial charge in [-0.1, -0.05) is 19.3 Å². The van der Waals surface area contributed by atoms with Crippen LogP contribution in [0.25, 0.3) is 0 Å². The predicted octanol–water partition coefficient (Wildman–Crippen LogP) is 0.875. The van der Waals surface area contributed by atoms with Crippen molar-refractivity contribution in [3.05, 3.63) is 0 Å². The van der Waals surface area contributed by atoms with Crippen molar-refractivity contribution >= 4 is 23.6 Å². The largest absolute Gasteiger partial charge is 0.348 e. The van der Waals surface area contributed by atoms with Gasteiger partial charge in [0, 0.05) is 38.0 Å². The smallest absolute Gasteiger partial charge is 0.317 e. The number of likely N-dealkylation sites (tertiary alicyclic amines) is 1. The summed E-state index contributed by atoms with van der Waals surface area (Å²) in [6, 6.07) is 0.390. The van der Waals surface area contributed by atoms with Gasteiger partial charge in [-0.3, -0.25) is 9.59 Å². The van der Waals surface area contributed by atoms with Gasteiger partial charge in [-0.2, -0.15) is 5.10 Å². The summed E-state index contributed by atoms with van der Waals surface area (Å²) in [6.07, 6.45) is 7.98. The monoisotopic (exact) mass is 349 g/mol. The number of nitrogens with one attached hydrogen (secondary N) is 3. The van der Waals surface area contributed by atoms with Crippen LogP contribution in [0.3, 0.4) is 0 Å². The second kappa shape index (κ2) is 8.31. The molecule has 0 spiro atoms. The minimum absolute atomic E-state index is 0.0241. The Labute approximate surface area is 147 Å². The number of amides is 4. The van der Waals surface area contributed by atoms with Crippen molar-refractivity contribution in [3.63, 3.8) is 0 Å². The molecule has 0 aromatic carbocycles. The maximum Gasteiger partial charge on any atom is 0.317 e. The first kappa shape index (κ1) is 17.7. The first-order valence-electron chi connectivity index (χ1n) is 9.33. The van der Waals surface area contributed by atoms with Gasteiger partial charge >= 0.3 is 6.03 Å². The molecule has 2 aliphatic heterocycles. The van der Waals surface area contributed by atoms with Crippen molar-refractivity contribution < 1.29 is 14.4 Å². The highest BCUT2D eigenvalue weighted by atomic mass is 16.2. The molecule has 1 saturated heterocycles. The van der Waals surface area contributed by atoms with E-state index in [0.717, 1.165) is 25.7 Å². The van der Waals surface area contributed by atoms with Gasteiger partial charge < -0.3 is 15.5 Å². The number of nitrogens with zero attached hydrogens (tertiary/aromatic N) is 2. The van der Waals surface area contributed by atoms with E-state index in [0.29, 0.717) is 37.7 Å². The standard InChI is InChI=1S/C17H27N5O3/c23-15-7-6-14(20-21-15)16(24)18-13-8-10-22(11-9-13)17(25)19-12-4-2-1-3-5-12/h12-13H,1-11H2,(H,18,24)(H,19,25)(H,21,23). The minimum atomic E-state index is -0.217. The number of hydrazone groups is 1. The maximum absolute atomic E-state index is 12.3. The van der Waals surface area contributed by atoms with E-state index in [-0.39, 0.29) is 23.9 Å². The van der Waals surface area contributed by atoms with Crippen LogP contribution in [-0.4, -0.2) is 53.6 Å². The van der Waals surface area contributed by atoms with Crippen molar-refractivity contribution in [2.45, 2.75) is 69.9 Å². The quantitative estimate of drug-likeness (QED) is 0.704. The molecule has 0 bridgehead atoms. The normalized spacial score (nSPS) is 22.8. The number of urea groups is 1. The van der Waals surface area contributed by atoms with Crippen molar-refractivity contribution in [2.75, 3.05) is 13.1 Å². The van der Waals surface area contributed by atoms with Crippen LogP contribution >= 0.6 is 0 Å². The Hall–Kier alpha value is -2.12. The van der Waals surface area contributed by atoms with Gasteiger partial charge in [0.05, 0.1) is 0 Å². The summed E-state index contributed by atoms with van der Waals surface area (Å²) >= 11 is 0. The molecule has 0 unspecified atom stereocenters. The molecule has 8 heteroatoms. The van der Waals surface area contributed by atoms with E-state index in [2.05, 4.69) is 21.2 Å². The summed E-state index contributed by atoms with van der Waals surface area (Å²) in [5.74, 6) is -0.376. The first-order chi connectivity index (χ1) is 12.1. The molecule has 1 saturated carbocycles. The van der Waals surface area contributed by atoms with E-state index in [1.807, 2.05) is 4.90 Å². The fraction of sp³-hybridized carbons (Fsp3) is 0.765. The molecular weight excluding hydrogens is 322 g/mol. The lowest BCUT2D eigenvalue weighted by Crippen LogP contribution is -2.52. The van der Waals surface area contributed by atoms with Crippen molar-refractivity contribution in [1.82, 2.24) is 21.0 Å². The van der Waals surface area contributed by atoms with Gasteiger partial charge in [-0.05, 0) is 25.7 Å². The van der Waals surface area contributed by atoms with Crippen LogP contribution in [0.5, 0.6) is 0 Å². The van der Waals surface area contributed by atoms with Gasteiger partial charge in [-0.15, -0.1) is 0 Å². The first-order valence-corrected chi connectivity index (χ1v) is 9.33. The minimum Gasteiger partial charge on any atom is -0.348 e. The topological polar surface area (TPSA) is 103 Å². The fourth-order valence-electron chi connectivity index (χ4n) is 3.65. The Kier molecular flexibility index (Phi) is 5.88. The summed E-state index contributed by atoms with van der Waals surface area (Å²) in [5, 5.41) is 9.92. The van der Waals surface area contributed by atoms with Crippen LogP contribution in [-0.2, 0) is 9.59 Å². The van der Waals surface area contributed by atoms with Crippen molar-refractivity contribution in [3.8, 4) is 0 Å². The average Bonchev–Trinajstić information content (AvgIpc) is 2.63. The highest BCUT2D eigenvalue weighted by molar-refractivity contribution is 6.39. The molecule has 0 aromatic heterocycles. The fourth-order valence-corrected chi connectivity index (χ4v) is 3.65. The lowest BCUT2D eigenvalue weighted by Gasteiger charge is -2.34. The summed E-state index contributed by atoms with van der Waals surface area (Å²) in [7, 11) is 0. The Morgan fingerprint density at radius 3 is 2.28 bits per heavy atom. The lowest BCUT2D eigenvalue weighted by atomic mass is 9.95. The molecule has 4 amide bonds. The highest BCUT2D eigenvalue weighted by Gasteiger charge is 2.27. The average molecular weight is 349 g/mol. The third-order valence-electron chi connectivity index (χ3n) is 5.22. The lowest BCUT2D eigenvalue weighted by molar-refractivity contribution is -0.121. The molecule has 0 radical (unpaired) electrons. The second-order valence-electron chi connectivity index (χ2n) is 7.11. The molecule has 0 aromatic rings. The summed E-state index contributed by atoms with van der Waals surface area (Å²) in [5.41, 5.74) is 2.71. The molecule has 2 fully saturated rings. The van der Waals surface area contributed by atoms with E-state index in [1.54, 1.807) is 0 Å². The molecule has 25 heavy (non-hydrogen) atoms. The molecule has 0 atom stereocenters. The van der Waals surface area contributed by atoms with Gasteiger partial charge in [0.25, 0.3) is 5.91 Å². The zero-order valence-electron chi connectivity index (χ0n) is 14.6. The Morgan fingerprint density at radius 2 is 1.64 bits per heavy atom. The third kappa shape index (κ3) is 4.93. The Morgan fingerprint density at radius 1 is 0.960 bits per heavy atom. The molecule has 3 N–H and O–H groups in total. The Balaban J connectivity index is 1.40. The predicted molar refractivity (Wildman–Crippen MR) is 93.0 cm³/mol.